The normalized spacial score (nSPS) is 19.7. The lowest BCUT2D eigenvalue weighted by atomic mass is 9.82. The predicted molar refractivity (Wildman–Crippen MR) is 111 cm³/mol. The van der Waals surface area contributed by atoms with E-state index in [4.69, 9.17) is 0 Å². The lowest BCUT2D eigenvalue weighted by Gasteiger charge is -2.23. The molecular formula is C26H26. The summed E-state index contributed by atoms with van der Waals surface area (Å²) in [6.07, 6.45) is 17.2. The van der Waals surface area contributed by atoms with E-state index in [9.17, 15) is 0 Å². The summed E-state index contributed by atoms with van der Waals surface area (Å²) in [6, 6.07) is 13.6. The second-order valence-corrected chi connectivity index (χ2v) is 8.02. The Morgan fingerprint density at radius 1 is 0.923 bits per heavy atom. The van der Waals surface area contributed by atoms with Crippen LogP contribution in [0.4, 0.5) is 0 Å². The van der Waals surface area contributed by atoms with Gasteiger partial charge in [-0.2, -0.15) is 0 Å². The molecule has 2 aromatic carbocycles. The van der Waals surface area contributed by atoms with Gasteiger partial charge in [-0.3, -0.25) is 0 Å². The molecule has 0 aromatic heterocycles. The van der Waals surface area contributed by atoms with Crippen molar-refractivity contribution in [2.45, 2.75) is 45.4 Å². The third-order valence-corrected chi connectivity index (χ3v) is 6.53. The Balaban J connectivity index is 1.82. The summed E-state index contributed by atoms with van der Waals surface area (Å²) >= 11 is 0. The summed E-state index contributed by atoms with van der Waals surface area (Å²) in [5.74, 6) is 0.763. The van der Waals surface area contributed by atoms with Crippen LogP contribution in [0.25, 0.3) is 17.2 Å². The van der Waals surface area contributed by atoms with Gasteiger partial charge in [0.25, 0.3) is 0 Å². The van der Waals surface area contributed by atoms with Crippen LogP contribution in [0.15, 0.2) is 54.6 Å². The zero-order valence-corrected chi connectivity index (χ0v) is 15.6. The molecule has 0 amide bonds. The molecule has 130 valence electrons. The van der Waals surface area contributed by atoms with Crippen LogP contribution in [-0.2, 0) is 0 Å². The summed E-state index contributed by atoms with van der Waals surface area (Å²) in [7, 11) is 0. The lowest BCUT2D eigenvalue weighted by Crippen LogP contribution is -2.19. The van der Waals surface area contributed by atoms with Crippen molar-refractivity contribution in [3.05, 3.63) is 86.6 Å². The average Bonchev–Trinajstić information content (AvgIpc) is 3.35. The second kappa shape index (κ2) is 6.43. The van der Waals surface area contributed by atoms with Gasteiger partial charge >= 0.3 is 0 Å². The number of fused-ring (bicyclic) bond motifs is 2. The fraction of sp³-hybridized carbons (Fsp3) is 0.308. The first kappa shape index (κ1) is 15.9. The Labute approximate surface area is 155 Å². The Hall–Kier alpha value is -2.34. The molecule has 3 aliphatic rings. The molecule has 0 atom stereocenters. The molecule has 0 bridgehead atoms. The van der Waals surface area contributed by atoms with Crippen molar-refractivity contribution in [1.29, 1.82) is 0 Å². The summed E-state index contributed by atoms with van der Waals surface area (Å²) in [5, 5.41) is 5.65. The largest absolute Gasteiger partial charge is 0.0801 e. The van der Waals surface area contributed by atoms with Crippen molar-refractivity contribution in [3.63, 3.8) is 0 Å². The number of hydrogen-bond acceptors (Lipinski definition) is 0. The van der Waals surface area contributed by atoms with Crippen LogP contribution in [0.2, 0.25) is 0 Å². The first-order valence-corrected chi connectivity index (χ1v) is 10.1. The summed E-state index contributed by atoms with van der Waals surface area (Å²) < 4.78 is 0. The predicted octanol–water partition coefficient (Wildman–Crippen LogP) is 5.21. The van der Waals surface area contributed by atoms with Gasteiger partial charge in [-0.15, -0.1) is 0 Å². The van der Waals surface area contributed by atoms with Crippen LogP contribution in [0.5, 0.6) is 0 Å². The molecule has 0 unspecified atom stereocenters. The highest BCUT2D eigenvalue weighted by molar-refractivity contribution is 5.80. The third kappa shape index (κ3) is 2.51. The second-order valence-electron chi connectivity index (χ2n) is 8.02. The number of hydrogen-bond donors (Lipinski definition) is 0. The Morgan fingerprint density at radius 2 is 1.77 bits per heavy atom. The highest BCUT2D eigenvalue weighted by Crippen LogP contribution is 2.32. The third-order valence-electron chi connectivity index (χ3n) is 6.53. The molecule has 3 aliphatic carbocycles. The number of allylic oxidation sites excluding steroid dienone is 4. The van der Waals surface area contributed by atoms with Gasteiger partial charge in [0.1, 0.15) is 0 Å². The molecule has 0 spiro atoms. The number of rotatable bonds is 2. The molecule has 5 rings (SSSR count). The summed E-state index contributed by atoms with van der Waals surface area (Å²) in [6.45, 7) is 2.40. The fourth-order valence-electron chi connectivity index (χ4n) is 5.09. The minimum absolute atomic E-state index is 0.763. The van der Waals surface area contributed by atoms with Crippen LogP contribution in [0, 0.1) is 16.4 Å². The molecule has 1 saturated carbocycles. The Kier molecular flexibility index (Phi) is 3.93. The van der Waals surface area contributed by atoms with Crippen molar-refractivity contribution in [3.8, 4) is 0 Å². The van der Waals surface area contributed by atoms with Crippen LogP contribution >= 0.6 is 0 Å². The molecule has 0 aliphatic heterocycles. The van der Waals surface area contributed by atoms with Gasteiger partial charge in [-0.25, -0.2) is 0 Å². The van der Waals surface area contributed by atoms with Gasteiger partial charge < -0.3 is 0 Å². The molecule has 0 heteroatoms. The molecule has 0 N–H and O–H groups in total. The van der Waals surface area contributed by atoms with Crippen LogP contribution in [-0.4, -0.2) is 0 Å². The monoisotopic (exact) mass is 338 g/mol. The summed E-state index contributed by atoms with van der Waals surface area (Å²) in [5.41, 5.74) is 6.02. The molecule has 0 heterocycles. The molecule has 26 heavy (non-hydrogen) atoms. The van der Waals surface area contributed by atoms with E-state index in [0.29, 0.717) is 0 Å². The highest BCUT2D eigenvalue weighted by Gasteiger charge is 2.19. The zero-order chi connectivity index (χ0) is 17.5. The standard InChI is InChI=1S/C26H26/c1-18(19-9-3-2-4-10-19)22-15-16-24-23-14-8-7-13-21(23)17-25(24)26(22)20-11-5-6-12-20/h5-8,11,13-17,19H,2-4,9-10,12H2,1H3. The molecule has 2 aromatic rings. The van der Waals surface area contributed by atoms with E-state index in [0.717, 1.165) is 12.3 Å². The van der Waals surface area contributed by atoms with E-state index >= 15 is 0 Å². The first-order chi connectivity index (χ1) is 12.8. The molecule has 0 radical (unpaired) electrons. The fourth-order valence-corrected chi connectivity index (χ4v) is 5.09. The minimum Gasteiger partial charge on any atom is -0.0801 e. The van der Waals surface area contributed by atoms with Crippen molar-refractivity contribution in [2.24, 2.45) is 5.92 Å². The minimum atomic E-state index is 0.763. The maximum atomic E-state index is 2.41. The smallest absolute Gasteiger partial charge is 0.00702 e. The number of benzene rings is 2. The van der Waals surface area contributed by atoms with Crippen LogP contribution in [0.1, 0.15) is 56.6 Å². The molecule has 0 nitrogen and oxygen atoms in total. The van der Waals surface area contributed by atoms with Crippen LogP contribution in [0.3, 0.4) is 0 Å². The van der Waals surface area contributed by atoms with Crippen molar-refractivity contribution in [2.75, 3.05) is 0 Å². The molecular weight excluding hydrogens is 312 g/mol. The van der Waals surface area contributed by atoms with E-state index in [1.165, 1.54) is 69.7 Å². The summed E-state index contributed by atoms with van der Waals surface area (Å²) in [4.78, 5) is 0. The maximum absolute atomic E-state index is 2.41. The van der Waals surface area contributed by atoms with E-state index in [-0.39, 0.29) is 0 Å². The van der Waals surface area contributed by atoms with Crippen LogP contribution < -0.4 is 10.4 Å². The van der Waals surface area contributed by atoms with E-state index in [1.807, 2.05) is 0 Å². The lowest BCUT2D eigenvalue weighted by molar-refractivity contribution is 0.426. The van der Waals surface area contributed by atoms with Crippen molar-refractivity contribution >= 4 is 17.2 Å². The molecule has 1 fully saturated rings. The van der Waals surface area contributed by atoms with Gasteiger partial charge in [-0.05, 0) is 75.8 Å². The maximum Gasteiger partial charge on any atom is -0.00702 e. The zero-order valence-electron chi connectivity index (χ0n) is 15.6. The Bertz CT molecular complexity index is 1140. The van der Waals surface area contributed by atoms with Gasteiger partial charge in [0.05, 0.1) is 0 Å². The first-order valence-electron chi connectivity index (χ1n) is 10.1. The van der Waals surface area contributed by atoms with Crippen molar-refractivity contribution in [1.82, 2.24) is 0 Å². The van der Waals surface area contributed by atoms with E-state index in [1.54, 1.807) is 5.57 Å². The quantitative estimate of drug-likeness (QED) is 0.602. The van der Waals surface area contributed by atoms with E-state index < -0.39 is 0 Å². The molecule has 0 saturated heterocycles. The van der Waals surface area contributed by atoms with Crippen molar-refractivity contribution < 1.29 is 0 Å². The topological polar surface area (TPSA) is 0 Å². The van der Waals surface area contributed by atoms with E-state index in [2.05, 4.69) is 67.6 Å². The SMILES string of the molecule is CC(=c1ccc2c(c1C1=CC=CC1)C=c1ccccc1=2)C1CCCCC1. The highest BCUT2D eigenvalue weighted by atomic mass is 14.2. The van der Waals surface area contributed by atoms with Gasteiger partial charge in [-0.1, -0.05) is 79.5 Å². The van der Waals surface area contributed by atoms with Gasteiger partial charge in [0.2, 0.25) is 0 Å². The van der Waals surface area contributed by atoms with Gasteiger partial charge in [0.15, 0.2) is 0 Å². The average molecular weight is 338 g/mol. The van der Waals surface area contributed by atoms with Gasteiger partial charge in [0, 0.05) is 0 Å². The Morgan fingerprint density at radius 3 is 2.58 bits per heavy atom.